The van der Waals surface area contributed by atoms with Gasteiger partial charge in [-0.05, 0) is 6.42 Å². The summed E-state index contributed by atoms with van der Waals surface area (Å²) in [6, 6.07) is 0. The Labute approximate surface area is 83.4 Å². The molecule has 0 fully saturated rings. The van der Waals surface area contributed by atoms with E-state index in [9.17, 15) is 0 Å². The third kappa shape index (κ3) is 6.99. The quantitative estimate of drug-likeness (QED) is 0.237. The molecule has 0 aliphatic heterocycles. The summed E-state index contributed by atoms with van der Waals surface area (Å²) in [5.41, 5.74) is 0. The van der Waals surface area contributed by atoms with Crippen LogP contribution in [0.1, 0.15) is 26.2 Å². The zero-order valence-corrected chi connectivity index (χ0v) is 8.54. The summed E-state index contributed by atoms with van der Waals surface area (Å²) in [6.45, 7) is 2.34. The molecular formula is C6H13NaO3. The molecule has 0 saturated heterocycles. The van der Waals surface area contributed by atoms with Gasteiger partial charge in [0.25, 0.3) is 0 Å². The largest absolute Gasteiger partial charge is 1.00 e. The monoisotopic (exact) mass is 156 g/mol. The van der Waals surface area contributed by atoms with Crippen LogP contribution in [-0.2, 0) is 0 Å². The maximum Gasteiger partial charge on any atom is 1.00 e. The summed E-state index contributed by atoms with van der Waals surface area (Å²) in [5.74, 6) is -1.98. The fourth-order valence-corrected chi connectivity index (χ4v) is 0.502. The first-order chi connectivity index (χ1) is 4.12. The molecular weight excluding hydrogens is 143 g/mol. The Morgan fingerprint density at radius 3 is 2.20 bits per heavy atom. The Hall–Kier alpha value is 0.880. The standard InChI is InChI=1S/C6H13O3.Na/c1-2-3-4-6(8,9)5-7;/h5,7-9H,2-4H2,1H3;/q-1;+1. The molecule has 0 aliphatic carbocycles. The molecule has 0 unspecified atom stereocenters. The van der Waals surface area contributed by atoms with Gasteiger partial charge in [0.1, 0.15) is 0 Å². The molecule has 0 atom stereocenters. The normalized spacial score (nSPS) is 10.8. The molecule has 0 saturated carbocycles. The van der Waals surface area contributed by atoms with Gasteiger partial charge in [-0.1, -0.05) is 19.8 Å². The molecule has 0 bridgehead atoms. The third-order valence-electron chi connectivity index (χ3n) is 1.11. The van der Waals surface area contributed by atoms with Crippen molar-refractivity contribution in [3.63, 3.8) is 0 Å². The first kappa shape index (κ1) is 13.5. The summed E-state index contributed by atoms with van der Waals surface area (Å²) >= 11 is 0. The average molecular weight is 156 g/mol. The minimum absolute atomic E-state index is 0. The van der Waals surface area contributed by atoms with E-state index < -0.39 is 5.79 Å². The average Bonchev–Trinajstić information content (AvgIpc) is 1.84. The number of rotatable bonds is 4. The number of aliphatic hydroxyl groups is 3. The van der Waals surface area contributed by atoms with Gasteiger partial charge >= 0.3 is 29.6 Å². The van der Waals surface area contributed by atoms with E-state index in [0.29, 0.717) is 13.0 Å². The van der Waals surface area contributed by atoms with E-state index in [1.807, 2.05) is 6.92 Å². The van der Waals surface area contributed by atoms with Crippen LogP contribution in [0.15, 0.2) is 0 Å². The van der Waals surface area contributed by atoms with E-state index >= 15 is 0 Å². The topological polar surface area (TPSA) is 60.7 Å². The molecule has 56 valence electrons. The van der Waals surface area contributed by atoms with E-state index in [1.165, 1.54) is 0 Å². The Morgan fingerprint density at radius 1 is 1.40 bits per heavy atom. The van der Waals surface area contributed by atoms with Gasteiger partial charge in [-0.3, -0.25) is 0 Å². The third-order valence-corrected chi connectivity index (χ3v) is 1.11. The van der Waals surface area contributed by atoms with Crippen LogP contribution in [-0.4, -0.2) is 21.1 Å². The zero-order valence-electron chi connectivity index (χ0n) is 6.54. The van der Waals surface area contributed by atoms with Crippen molar-refractivity contribution < 1.29 is 44.9 Å². The fourth-order valence-electron chi connectivity index (χ4n) is 0.502. The number of unbranched alkanes of at least 4 members (excludes halogenated alkanes) is 1. The van der Waals surface area contributed by atoms with E-state index in [1.54, 1.807) is 0 Å². The van der Waals surface area contributed by atoms with Crippen molar-refractivity contribution in [2.75, 3.05) is 0 Å². The second-order valence-electron chi connectivity index (χ2n) is 2.11. The molecule has 0 aliphatic rings. The van der Waals surface area contributed by atoms with Crippen molar-refractivity contribution in [1.82, 2.24) is 0 Å². The van der Waals surface area contributed by atoms with Crippen LogP contribution in [0.5, 0.6) is 0 Å². The summed E-state index contributed by atoms with van der Waals surface area (Å²) in [5, 5.41) is 25.6. The van der Waals surface area contributed by atoms with Gasteiger partial charge in [0.05, 0.1) is 5.79 Å². The predicted molar refractivity (Wildman–Crippen MR) is 32.9 cm³/mol. The SMILES string of the molecule is CCCCC(O)(O)[CH-]O.[Na+]. The summed E-state index contributed by atoms with van der Waals surface area (Å²) < 4.78 is 0. The van der Waals surface area contributed by atoms with Crippen LogP contribution in [0.3, 0.4) is 0 Å². The molecule has 0 radical (unpaired) electrons. The van der Waals surface area contributed by atoms with Crippen molar-refractivity contribution in [2.45, 2.75) is 32.0 Å². The Kier molecular flexibility index (Phi) is 8.86. The Bertz CT molecular complexity index is 75.4. The molecule has 0 aromatic carbocycles. The van der Waals surface area contributed by atoms with E-state index in [2.05, 4.69) is 0 Å². The molecule has 3 nitrogen and oxygen atoms in total. The minimum Gasteiger partial charge on any atom is -0.561 e. The maximum absolute atomic E-state index is 8.70. The van der Waals surface area contributed by atoms with Gasteiger partial charge in [-0.2, -0.15) is 6.61 Å². The predicted octanol–water partition coefficient (Wildman–Crippen LogP) is -2.60. The van der Waals surface area contributed by atoms with Crippen molar-refractivity contribution >= 4 is 0 Å². The Balaban J connectivity index is 0. The molecule has 0 rings (SSSR count). The van der Waals surface area contributed by atoms with Crippen LogP contribution in [0, 0.1) is 6.61 Å². The first-order valence-corrected chi connectivity index (χ1v) is 3.05. The summed E-state index contributed by atoms with van der Waals surface area (Å²) in [6.07, 6.45) is 1.78. The second-order valence-corrected chi connectivity index (χ2v) is 2.11. The van der Waals surface area contributed by atoms with Crippen molar-refractivity contribution in [1.29, 1.82) is 0 Å². The van der Waals surface area contributed by atoms with Crippen molar-refractivity contribution in [3.05, 3.63) is 6.61 Å². The summed E-state index contributed by atoms with van der Waals surface area (Å²) in [4.78, 5) is 0. The van der Waals surface area contributed by atoms with Crippen molar-refractivity contribution in [2.24, 2.45) is 0 Å². The molecule has 0 amide bonds. The molecule has 0 heterocycles. The number of hydrogen-bond acceptors (Lipinski definition) is 3. The van der Waals surface area contributed by atoms with Gasteiger partial charge in [0, 0.05) is 0 Å². The molecule has 0 aromatic heterocycles. The van der Waals surface area contributed by atoms with Crippen LogP contribution in [0.2, 0.25) is 0 Å². The zero-order chi connectivity index (χ0) is 7.33. The van der Waals surface area contributed by atoms with Gasteiger partial charge in [-0.25, -0.2) is 0 Å². The smallest absolute Gasteiger partial charge is 0.561 e. The van der Waals surface area contributed by atoms with Gasteiger partial charge in [0.2, 0.25) is 0 Å². The van der Waals surface area contributed by atoms with Gasteiger partial charge in [-0.15, -0.1) is 0 Å². The van der Waals surface area contributed by atoms with Crippen LogP contribution in [0.25, 0.3) is 0 Å². The Morgan fingerprint density at radius 2 is 1.90 bits per heavy atom. The van der Waals surface area contributed by atoms with E-state index in [0.717, 1.165) is 6.42 Å². The molecule has 10 heavy (non-hydrogen) atoms. The molecule has 0 aromatic rings. The minimum atomic E-state index is -1.98. The fraction of sp³-hybridized carbons (Fsp3) is 0.833. The van der Waals surface area contributed by atoms with E-state index in [4.69, 9.17) is 15.3 Å². The van der Waals surface area contributed by atoms with Gasteiger partial charge in [0.15, 0.2) is 0 Å². The van der Waals surface area contributed by atoms with Crippen LogP contribution in [0.4, 0.5) is 0 Å². The molecule has 4 heteroatoms. The van der Waals surface area contributed by atoms with E-state index in [-0.39, 0.29) is 36.0 Å². The molecule has 0 spiro atoms. The van der Waals surface area contributed by atoms with Gasteiger partial charge < -0.3 is 15.3 Å². The van der Waals surface area contributed by atoms with Crippen molar-refractivity contribution in [3.8, 4) is 0 Å². The summed E-state index contributed by atoms with van der Waals surface area (Å²) in [7, 11) is 0. The number of hydrogen-bond donors (Lipinski definition) is 3. The maximum atomic E-state index is 8.70. The first-order valence-electron chi connectivity index (χ1n) is 3.05. The molecule has 3 N–H and O–H groups in total. The second kappa shape index (κ2) is 6.58. The number of aliphatic hydroxyl groups excluding tert-OH is 1. The van der Waals surface area contributed by atoms with Crippen LogP contribution >= 0.6 is 0 Å². The van der Waals surface area contributed by atoms with Crippen LogP contribution < -0.4 is 29.6 Å².